The number of H-pyrrole nitrogens is 1. The van der Waals surface area contributed by atoms with Gasteiger partial charge in [0.15, 0.2) is 0 Å². The summed E-state index contributed by atoms with van der Waals surface area (Å²) in [7, 11) is 0. The summed E-state index contributed by atoms with van der Waals surface area (Å²) in [6.07, 6.45) is 1.49. The van der Waals surface area contributed by atoms with Gasteiger partial charge in [0.05, 0.1) is 22.5 Å². The molecule has 4 nitrogen and oxygen atoms in total. The first-order valence-electron chi connectivity index (χ1n) is 4.74. The van der Waals surface area contributed by atoms with E-state index >= 15 is 0 Å². The zero-order chi connectivity index (χ0) is 11.5. The van der Waals surface area contributed by atoms with Crippen LogP contribution >= 0.6 is 11.6 Å². The molecule has 0 saturated carbocycles. The standard InChI is InChI=1S/C11H10ClN3O/c1-7-8(6-13-15-7)11(16)14-10-5-3-2-4-9(10)12/h2-6H,1H3,(H,13,15)(H,14,16). The van der Waals surface area contributed by atoms with Crippen molar-refractivity contribution in [3.05, 3.63) is 46.7 Å². The number of aromatic amines is 1. The van der Waals surface area contributed by atoms with Crippen molar-refractivity contribution < 1.29 is 4.79 Å². The summed E-state index contributed by atoms with van der Waals surface area (Å²) >= 11 is 5.93. The number of aromatic nitrogens is 2. The van der Waals surface area contributed by atoms with Gasteiger partial charge in [0.1, 0.15) is 0 Å². The van der Waals surface area contributed by atoms with E-state index in [1.165, 1.54) is 6.20 Å². The van der Waals surface area contributed by atoms with Crippen LogP contribution in [0.4, 0.5) is 5.69 Å². The van der Waals surface area contributed by atoms with Crippen molar-refractivity contribution in [3.8, 4) is 0 Å². The molecule has 1 aromatic carbocycles. The number of carbonyl (C=O) groups excluding carboxylic acids is 1. The quantitative estimate of drug-likeness (QED) is 0.841. The lowest BCUT2D eigenvalue weighted by atomic mass is 10.2. The molecule has 0 atom stereocenters. The highest BCUT2D eigenvalue weighted by molar-refractivity contribution is 6.33. The molecule has 5 heteroatoms. The summed E-state index contributed by atoms with van der Waals surface area (Å²) in [5.74, 6) is -0.223. The van der Waals surface area contributed by atoms with Crippen molar-refractivity contribution in [2.75, 3.05) is 5.32 Å². The zero-order valence-electron chi connectivity index (χ0n) is 8.62. The molecule has 1 aromatic heterocycles. The van der Waals surface area contributed by atoms with E-state index in [9.17, 15) is 4.79 Å². The largest absolute Gasteiger partial charge is 0.321 e. The maximum Gasteiger partial charge on any atom is 0.259 e. The van der Waals surface area contributed by atoms with Gasteiger partial charge in [0.2, 0.25) is 0 Å². The number of nitrogens with one attached hydrogen (secondary N) is 2. The highest BCUT2D eigenvalue weighted by atomic mass is 35.5. The first-order valence-corrected chi connectivity index (χ1v) is 5.12. The molecule has 16 heavy (non-hydrogen) atoms. The second-order valence-corrected chi connectivity index (χ2v) is 3.75. The molecular formula is C11H10ClN3O. The maximum atomic E-state index is 11.8. The summed E-state index contributed by atoms with van der Waals surface area (Å²) in [6, 6.07) is 7.08. The lowest BCUT2D eigenvalue weighted by Gasteiger charge is -2.05. The van der Waals surface area contributed by atoms with Crippen LogP contribution in [-0.4, -0.2) is 16.1 Å². The predicted octanol–water partition coefficient (Wildman–Crippen LogP) is 2.62. The van der Waals surface area contributed by atoms with Gasteiger partial charge in [0.25, 0.3) is 5.91 Å². The fraction of sp³-hybridized carbons (Fsp3) is 0.0909. The molecule has 0 aliphatic heterocycles. The van der Waals surface area contributed by atoms with Crippen molar-refractivity contribution in [1.82, 2.24) is 10.2 Å². The van der Waals surface area contributed by atoms with Crippen LogP contribution in [-0.2, 0) is 0 Å². The van der Waals surface area contributed by atoms with E-state index in [4.69, 9.17) is 11.6 Å². The van der Waals surface area contributed by atoms with Gasteiger partial charge in [-0.3, -0.25) is 9.89 Å². The Morgan fingerprint density at radius 1 is 1.44 bits per heavy atom. The Morgan fingerprint density at radius 2 is 2.19 bits per heavy atom. The number of hydrogen-bond donors (Lipinski definition) is 2. The second kappa shape index (κ2) is 4.37. The van der Waals surface area contributed by atoms with Crippen molar-refractivity contribution in [2.45, 2.75) is 6.92 Å². The molecule has 0 aliphatic rings. The number of rotatable bonds is 2. The first kappa shape index (κ1) is 10.7. The van der Waals surface area contributed by atoms with Gasteiger partial charge in [-0.2, -0.15) is 5.10 Å². The Bertz CT molecular complexity index is 521. The van der Waals surface area contributed by atoms with E-state index in [0.717, 1.165) is 5.69 Å². The number of halogens is 1. The third-order valence-corrected chi connectivity index (χ3v) is 2.53. The van der Waals surface area contributed by atoms with E-state index in [0.29, 0.717) is 16.3 Å². The maximum absolute atomic E-state index is 11.8. The van der Waals surface area contributed by atoms with Crippen LogP contribution in [0.25, 0.3) is 0 Å². The highest BCUT2D eigenvalue weighted by Gasteiger charge is 2.11. The van der Waals surface area contributed by atoms with Gasteiger partial charge in [-0.15, -0.1) is 0 Å². The summed E-state index contributed by atoms with van der Waals surface area (Å²) in [4.78, 5) is 11.8. The minimum Gasteiger partial charge on any atom is -0.321 e. The molecule has 2 rings (SSSR count). The number of carbonyl (C=O) groups is 1. The Labute approximate surface area is 97.6 Å². The average Bonchev–Trinajstić information content (AvgIpc) is 2.68. The number of para-hydroxylation sites is 1. The number of nitrogens with zero attached hydrogens (tertiary/aromatic N) is 1. The van der Waals surface area contributed by atoms with Crippen molar-refractivity contribution in [2.24, 2.45) is 0 Å². The second-order valence-electron chi connectivity index (χ2n) is 3.34. The minimum absolute atomic E-state index is 0.223. The molecule has 0 aliphatic carbocycles. The van der Waals surface area contributed by atoms with Gasteiger partial charge in [0, 0.05) is 5.69 Å². The summed E-state index contributed by atoms with van der Waals surface area (Å²) in [6.45, 7) is 1.79. The molecule has 0 spiro atoms. The summed E-state index contributed by atoms with van der Waals surface area (Å²) in [5, 5.41) is 9.73. The fourth-order valence-corrected chi connectivity index (χ4v) is 1.51. The smallest absolute Gasteiger partial charge is 0.259 e. The summed E-state index contributed by atoms with van der Waals surface area (Å²) in [5.41, 5.74) is 1.83. The van der Waals surface area contributed by atoms with Gasteiger partial charge >= 0.3 is 0 Å². The Kier molecular flexibility index (Phi) is 2.92. The Hall–Kier alpha value is -1.81. The Balaban J connectivity index is 2.21. The molecule has 0 fully saturated rings. The summed E-state index contributed by atoms with van der Waals surface area (Å²) < 4.78 is 0. The topological polar surface area (TPSA) is 57.8 Å². The Morgan fingerprint density at radius 3 is 2.81 bits per heavy atom. The van der Waals surface area contributed by atoms with E-state index in [1.54, 1.807) is 25.1 Å². The van der Waals surface area contributed by atoms with Gasteiger partial charge in [-0.1, -0.05) is 23.7 Å². The molecule has 1 heterocycles. The average molecular weight is 236 g/mol. The zero-order valence-corrected chi connectivity index (χ0v) is 9.38. The van der Waals surface area contributed by atoms with Crippen molar-refractivity contribution >= 4 is 23.2 Å². The SMILES string of the molecule is Cc1[nH]ncc1C(=O)Nc1ccccc1Cl. The van der Waals surface area contributed by atoms with E-state index in [2.05, 4.69) is 15.5 Å². The van der Waals surface area contributed by atoms with Crippen LogP contribution in [0.2, 0.25) is 5.02 Å². The van der Waals surface area contributed by atoms with Crippen LogP contribution in [0.1, 0.15) is 16.1 Å². The lowest BCUT2D eigenvalue weighted by molar-refractivity contribution is 0.102. The van der Waals surface area contributed by atoms with Crippen LogP contribution in [0, 0.1) is 6.92 Å². The van der Waals surface area contributed by atoms with E-state index in [-0.39, 0.29) is 5.91 Å². The molecule has 0 unspecified atom stereocenters. The van der Waals surface area contributed by atoms with E-state index < -0.39 is 0 Å². The molecule has 0 saturated heterocycles. The predicted molar refractivity (Wildman–Crippen MR) is 62.7 cm³/mol. The first-order chi connectivity index (χ1) is 7.68. The lowest BCUT2D eigenvalue weighted by Crippen LogP contribution is -2.12. The van der Waals surface area contributed by atoms with Crippen LogP contribution < -0.4 is 5.32 Å². The molecule has 0 radical (unpaired) electrons. The molecule has 2 N–H and O–H groups in total. The molecule has 1 amide bonds. The highest BCUT2D eigenvalue weighted by Crippen LogP contribution is 2.21. The number of benzene rings is 1. The molecule has 2 aromatic rings. The van der Waals surface area contributed by atoms with E-state index in [1.807, 2.05) is 6.07 Å². The van der Waals surface area contributed by atoms with Crippen LogP contribution in [0.3, 0.4) is 0 Å². The number of anilines is 1. The monoisotopic (exact) mass is 235 g/mol. The number of amides is 1. The van der Waals surface area contributed by atoms with Gasteiger partial charge in [-0.25, -0.2) is 0 Å². The molecule has 82 valence electrons. The number of aryl methyl sites for hydroxylation is 1. The minimum atomic E-state index is -0.223. The van der Waals surface area contributed by atoms with Crippen LogP contribution in [0.5, 0.6) is 0 Å². The van der Waals surface area contributed by atoms with Gasteiger partial charge < -0.3 is 5.32 Å². The van der Waals surface area contributed by atoms with Crippen molar-refractivity contribution in [3.63, 3.8) is 0 Å². The molecular weight excluding hydrogens is 226 g/mol. The third-order valence-electron chi connectivity index (χ3n) is 2.20. The number of hydrogen-bond acceptors (Lipinski definition) is 2. The fourth-order valence-electron chi connectivity index (χ4n) is 1.33. The molecule has 0 bridgehead atoms. The normalized spacial score (nSPS) is 10.1. The van der Waals surface area contributed by atoms with Crippen molar-refractivity contribution in [1.29, 1.82) is 0 Å². The van der Waals surface area contributed by atoms with Crippen LogP contribution in [0.15, 0.2) is 30.5 Å². The third kappa shape index (κ3) is 2.06. The van der Waals surface area contributed by atoms with Gasteiger partial charge in [-0.05, 0) is 19.1 Å².